The minimum atomic E-state index is -0.461. The fraction of sp³-hybridized carbons (Fsp3) is 0.538. The van der Waals surface area contributed by atoms with Crippen LogP contribution in [-0.2, 0) is 9.53 Å². The topological polar surface area (TPSA) is 93.1 Å². The maximum Gasteiger partial charge on any atom is 0.242 e. The van der Waals surface area contributed by atoms with Crippen LogP contribution in [0.5, 0.6) is 0 Å². The predicted octanol–water partition coefficient (Wildman–Crippen LogP) is 0.882. The van der Waals surface area contributed by atoms with Gasteiger partial charge in [-0.2, -0.15) is 5.26 Å². The molecule has 1 heterocycles. The van der Waals surface area contributed by atoms with Crippen molar-refractivity contribution in [2.75, 3.05) is 26.0 Å². The number of carbonyl (C=O) groups excluding carboxylic acids is 1. The summed E-state index contributed by atoms with van der Waals surface area (Å²) in [5.41, 5.74) is 8.04. The van der Waals surface area contributed by atoms with Gasteiger partial charge in [-0.3, -0.25) is 4.79 Å². The summed E-state index contributed by atoms with van der Waals surface area (Å²) >= 11 is 0. The standard InChI is InChI=1S/C13H20N4O2/c1-8-9(2)17(12(15)11(8)7-14)10(3)13(18)16-5-6-19-4/h10H,5-6,15H2,1-4H3,(H,16,18). The van der Waals surface area contributed by atoms with Crippen LogP contribution >= 0.6 is 0 Å². The molecule has 6 nitrogen and oxygen atoms in total. The number of ether oxygens (including phenoxy) is 1. The molecule has 104 valence electrons. The van der Waals surface area contributed by atoms with E-state index in [4.69, 9.17) is 15.7 Å². The third-order valence-corrected chi connectivity index (χ3v) is 3.28. The number of hydrogen-bond donors (Lipinski definition) is 2. The van der Waals surface area contributed by atoms with E-state index < -0.39 is 6.04 Å². The molecule has 0 aromatic carbocycles. The third kappa shape index (κ3) is 2.88. The van der Waals surface area contributed by atoms with Crippen LogP contribution in [0.3, 0.4) is 0 Å². The molecule has 1 aromatic heterocycles. The van der Waals surface area contributed by atoms with E-state index in [1.165, 1.54) is 0 Å². The summed E-state index contributed by atoms with van der Waals surface area (Å²) < 4.78 is 6.57. The number of aromatic nitrogens is 1. The number of hydrogen-bond acceptors (Lipinski definition) is 4. The van der Waals surface area contributed by atoms with Gasteiger partial charge in [-0.05, 0) is 26.3 Å². The average Bonchev–Trinajstić information content (AvgIpc) is 2.59. The Morgan fingerprint density at radius 3 is 2.68 bits per heavy atom. The van der Waals surface area contributed by atoms with Crippen LogP contribution in [-0.4, -0.2) is 30.7 Å². The number of nitrogen functional groups attached to an aromatic ring is 1. The summed E-state index contributed by atoms with van der Waals surface area (Å²) in [6.07, 6.45) is 0. The van der Waals surface area contributed by atoms with Gasteiger partial charge in [-0.1, -0.05) is 0 Å². The molecule has 0 spiro atoms. The highest BCUT2D eigenvalue weighted by molar-refractivity contribution is 5.81. The van der Waals surface area contributed by atoms with E-state index in [9.17, 15) is 4.79 Å². The van der Waals surface area contributed by atoms with Crippen molar-refractivity contribution in [1.29, 1.82) is 5.26 Å². The Balaban J connectivity index is 2.98. The minimum absolute atomic E-state index is 0.147. The lowest BCUT2D eigenvalue weighted by atomic mass is 10.2. The van der Waals surface area contributed by atoms with Crippen LogP contribution in [0.2, 0.25) is 0 Å². The highest BCUT2D eigenvalue weighted by Gasteiger charge is 2.23. The van der Waals surface area contributed by atoms with E-state index in [-0.39, 0.29) is 5.91 Å². The number of nitrogens with two attached hydrogens (primary N) is 1. The van der Waals surface area contributed by atoms with Crippen LogP contribution < -0.4 is 11.1 Å². The first-order chi connectivity index (χ1) is 8.95. The van der Waals surface area contributed by atoms with E-state index in [0.29, 0.717) is 24.5 Å². The number of carbonyl (C=O) groups is 1. The lowest BCUT2D eigenvalue weighted by Gasteiger charge is -2.17. The molecule has 3 N–H and O–H groups in total. The van der Waals surface area contributed by atoms with Crippen LogP contribution in [0.4, 0.5) is 5.82 Å². The first kappa shape index (κ1) is 15.1. The zero-order valence-electron chi connectivity index (χ0n) is 11.8. The summed E-state index contributed by atoms with van der Waals surface area (Å²) in [5.74, 6) is 0.193. The summed E-state index contributed by atoms with van der Waals surface area (Å²) in [6.45, 7) is 6.35. The number of nitriles is 1. The summed E-state index contributed by atoms with van der Waals surface area (Å²) in [6, 6.07) is 1.61. The van der Waals surface area contributed by atoms with Gasteiger partial charge in [0.05, 0.1) is 12.2 Å². The van der Waals surface area contributed by atoms with Crippen LogP contribution in [0, 0.1) is 25.2 Å². The second-order valence-corrected chi connectivity index (χ2v) is 4.41. The quantitative estimate of drug-likeness (QED) is 0.772. The van der Waals surface area contributed by atoms with Crippen LogP contribution in [0.25, 0.3) is 0 Å². The molecule has 19 heavy (non-hydrogen) atoms. The molecular formula is C13H20N4O2. The number of rotatable bonds is 5. The number of nitrogens with one attached hydrogen (secondary N) is 1. The zero-order valence-corrected chi connectivity index (χ0v) is 11.8. The number of anilines is 1. The van der Waals surface area contributed by atoms with Crippen molar-refractivity contribution in [2.24, 2.45) is 0 Å². The first-order valence-electron chi connectivity index (χ1n) is 6.09. The van der Waals surface area contributed by atoms with E-state index in [1.807, 2.05) is 13.8 Å². The Kier molecular flexibility index (Phi) is 4.95. The molecule has 1 atom stereocenters. The SMILES string of the molecule is COCCNC(=O)C(C)n1c(C)c(C)c(C#N)c1N. The van der Waals surface area contributed by atoms with Gasteiger partial charge in [-0.25, -0.2) is 0 Å². The normalized spacial score (nSPS) is 11.9. The Labute approximate surface area is 113 Å². The molecule has 0 aliphatic heterocycles. The van der Waals surface area contributed by atoms with E-state index in [0.717, 1.165) is 11.3 Å². The maximum absolute atomic E-state index is 12.0. The average molecular weight is 264 g/mol. The molecule has 0 aliphatic rings. The molecule has 1 unspecified atom stereocenters. The molecule has 0 bridgehead atoms. The molecule has 0 fully saturated rings. The molecule has 0 aliphatic carbocycles. The van der Waals surface area contributed by atoms with Crippen molar-refractivity contribution in [3.8, 4) is 6.07 Å². The van der Waals surface area contributed by atoms with Crippen molar-refractivity contribution < 1.29 is 9.53 Å². The fourth-order valence-electron chi connectivity index (χ4n) is 2.04. The van der Waals surface area contributed by atoms with E-state index >= 15 is 0 Å². The van der Waals surface area contributed by atoms with Crippen LogP contribution in [0.1, 0.15) is 29.8 Å². The molecular weight excluding hydrogens is 244 g/mol. The predicted molar refractivity (Wildman–Crippen MR) is 72.6 cm³/mol. The smallest absolute Gasteiger partial charge is 0.242 e. The maximum atomic E-state index is 12.0. The molecule has 1 rings (SSSR count). The van der Waals surface area contributed by atoms with E-state index in [1.54, 1.807) is 18.6 Å². The lowest BCUT2D eigenvalue weighted by Crippen LogP contribution is -2.34. The molecule has 1 aromatic rings. The van der Waals surface area contributed by atoms with Crippen molar-refractivity contribution in [3.63, 3.8) is 0 Å². The number of nitrogens with zero attached hydrogens (tertiary/aromatic N) is 2. The number of methoxy groups -OCH3 is 1. The monoisotopic (exact) mass is 264 g/mol. The molecule has 0 saturated carbocycles. The highest BCUT2D eigenvalue weighted by atomic mass is 16.5. The van der Waals surface area contributed by atoms with Gasteiger partial charge < -0.3 is 20.4 Å². The molecule has 0 saturated heterocycles. The first-order valence-corrected chi connectivity index (χ1v) is 6.09. The minimum Gasteiger partial charge on any atom is -0.384 e. The largest absolute Gasteiger partial charge is 0.384 e. The summed E-state index contributed by atoms with van der Waals surface area (Å²) in [4.78, 5) is 12.0. The van der Waals surface area contributed by atoms with E-state index in [2.05, 4.69) is 11.4 Å². The van der Waals surface area contributed by atoms with Gasteiger partial charge in [0.2, 0.25) is 5.91 Å². The van der Waals surface area contributed by atoms with Crippen molar-refractivity contribution in [1.82, 2.24) is 9.88 Å². The fourth-order valence-corrected chi connectivity index (χ4v) is 2.04. The Morgan fingerprint density at radius 2 is 2.21 bits per heavy atom. The van der Waals surface area contributed by atoms with Gasteiger partial charge in [0.25, 0.3) is 0 Å². The molecule has 0 radical (unpaired) electrons. The Bertz CT molecular complexity index is 514. The van der Waals surface area contributed by atoms with Gasteiger partial charge in [0.15, 0.2) is 0 Å². The Hall–Kier alpha value is -2.00. The second kappa shape index (κ2) is 6.25. The van der Waals surface area contributed by atoms with Gasteiger partial charge in [0, 0.05) is 19.3 Å². The third-order valence-electron chi connectivity index (χ3n) is 3.28. The second-order valence-electron chi connectivity index (χ2n) is 4.41. The highest BCUT2D eigenvalue weighted by Crippen LogP contribution is 2.27. The van der Waals surface area contributed by atoms with Crippen molar-refractivity contribution >= 4 is 11.7 Å². The lowest BCUT2D eigenvalue weighted by molar-refractivity contribution is -0.124. The molecule has 6 heteroatoms. The van der Waals surface area contributed by atoms with Crippen molar-refractivity contribution in [2.45, 2.75) is 26.8 Å². The number of amides is 1. The van der Waals surface area contributed by atoms with Gasteiger partial charge in [0.1, 0.15) is 17.9 Å². The van der Waals surface area contributed by atoms with Gasteiger partial charge in [-0.15, -0.1) is 0 Å². The summed E-state index contributed by atoms with van der Waals surface area (Å²) in [5, 5.41) is 11.8. The zero-order chi connectivity index (χ0) is 14.6. The molecule has 1 amide bonds. The van der Waals surface area contributed by atoms with Crippen LogP contribution in [0.15, 0.2) is 0 Å². The Morgan fingerprint density at radius 1 is 1.58 bits per heavy atom. The summed E-state index contributed by atoms with van der Waals surface area (Å²) in [7, 11) is 1.58. The van der Waals surface area contributed by atoms with Gasteiger partial charge >= 0.3 is 0 Å². The van der Waals surface area contributed by atoms with Crippen molar-refractivity contribution in [3.05, 3.63) is 16.8 Å².